The van der Waals surface area contributed by atoms with E-state index in [1.54, 1.807) is 44.5 Å². The predicted molar refractivity (Wildman–Crippen MR) is 102 cm³/mol. The summed E-state index contributed by atoms with van der Waals surface area (Å²) in [5.74, 6) is 0.427. The van der Waals surface area contributed by atoms with Crippen LogP contribution in [0.5, 0.6) is 11.6 Å². The van der Waals surface area contributed by atoms with Crippen LogP contribution in [0.3, 0.4) is 0 Å². The van der Waals surface area contributed by atoms with E-state index in [2.05, 4.69) is 10.3 Å². The standard InChI is InChI=1S/C20H21N3O5/c1-11(18(21)24)23-19(25)17-12(2)28-16-7-6-14(9-15(16)17)27-10-13-5-4-8-22-20(13)26-3/h4-9,11H,10H2,1-3H3,(H2,21,24)(H,23,25). The maximum atomic E-state index is 12.6. The first-order chi connectivity index (χ1) is 13.4. The summed E-state index contributed by atoms with van der Waals surface area (Å²) in [6.07, 6.45) is 1.64. The molecule has 0 aliphatic rings. The second-order valence-corrected chi connectivity index (χ2v) is 6.25. The van der Waals surface area contributed by atoms with Gasteiger partial charge < -0.3 is 24.9 Å². The first-order valence-electron chi connectivity index (χ1n) is 8.64. The van der Waals surface area contributed by atoms with Crippen LogP contribution in [0.25, 0.3) is 11.0 Å². The van der Waals surface area contributed by atoms with E-state index in [4.69, 9.17) is 19.6 Å². The van der Waals surface area contributed by atoms with Crippen LogP contribution >= 0.6 is 0 Å². The Hall–Kier alpha value is -3.55. The van der Waals surface area contributed by atoms with Gasteiger partial charge in [-0.2, -0.15) is 0 Å². The van der Waals surface area contributed by atoms with Gasteiger partial charge in [0.1, 0.15) is 29.7 Å². The number of furan rings is 1. The van der Waals surface area contributed by atoms with Gasteiger partial charge in [0.15, 0.2) is 0 Å². The molecule has 28 heavy (non-hydrogen) atoms. The molecule has 8 nitrogen and oxygen atoms in total. The van der Waals surface area contributed by atoms with Gasteiger partial charge in [0.2, 0.25) is 11.8 Å². The molecule has 146 valence electrons. The van der Waals surface area contributed by atoms with Crippen molar-refractivity contribution in [3.05, 3.63) is 53.4 Å². The number of fused-ring (bicyclic) bond motifs is 1. The molecule has 2 aromatic heterocycles. The van der Waals surface area contributed by atoms with Gasteiger partial charge in [0.25, 0.3) is 5.91 Å². The fourth-order valence-corrected chi connectivity index (χ4v) is 2.79. The molecule has 0 bridgehead atoms. The maximum absolute atomic E-state index is 12.6. The number of hydrogen-bond donors (Lipinski definition) is 2. The smallest absolute Gasteiger partial charge is 0.256 e. The normalized spacial score (nSPS) is 11.8. The van der Waals surface area contributed by atoms with E-state index in [0.717, 1.165) is 5.56 Å². The zero-order valence-corrected chi connectivity index (χ0v) is 15.8. The highest BCUT2D eigenvalue weighted by atomic mass is 16.5. The number of primary amides is 1. The van der Waals surface area contributed by atoms with Gasteiger partial charge in [0, 0.05) is 11.6 Å². The number of benzene rings is 1. The zero-order valence-electron chi connectivity index (χ0n) is 15.8. The molecule has 3 N–H and O–H groups in total. The maximum Gasteiger partial charge on any atom is 0.256 e. The van der Waals surface area contributed by atoms with Gasteiger partial charge in [-0.05, 0) is 44.2 Å². The van der Waals surface area contributed by atoms with Crippen molar-refractivity contribution in [2.75, 3.05) is 7.11 Å². The third kappa shape index (κ3) is 3.90. The van der Waals surface area contributed by atoms with E-state index < -0.39 is 17.9 Å². The van der Waals surface area contributed by atoms with Crippen LogP contribution in [-0.4, -0.2) is 29.9 Å². The predicted octanol–water partition coefficient (Wildman–Crippen LogP) is 2.33. The van der Waals surface area contributed by atoms with Crippen LogP contribution in [0.2, 0.25) is 0 Å². The number of aromatic nitrogens is 1. The molecule has 2 amide bonds. The first kappa shape index (κ1) is 19.2. The van der Waals surface area contributed by atoms with Crippen LogP contribution in [0, 0.1) is 6.92 Å². The van der Waals surface area contributed by atoms with Gasteiger partial charge in [0.05, 0.1) is 18.2 Å². The molecule has 0 aliphatic carbocycles. The number of nitrogens with two attached hydrogens (primary N) is 1. The number of carbonyl (C=O) groups excluding carboxylic acids is 2. The summed E-state index contributed by atoms with van der Waals surface area (Å²) in [4.78, 5) is 27.9. The fraction of sp³-hybridized carbons (Fsp3) is 0.250. The lowest BCUT2D eigenvalue weighted by molar-refractivity contribution is -0.119. The summed E-state index contributed by atoms with van der Waals surface area (Å²) in [6.45, 7) is 3.46. The number of nitrogens with one attached hydrogen (secondary N) is 1. The Morgan fingerprint density at radius 1 is 1.32 bits per heavy atom. The molecule has 3 aromatic rings. The third-order valence-corrected chi connectivity index (χ3v) is 4.27. The second kappa shape index (κ2) is 7.99. The van der Waals surface area contributed by atoms with Crippen molar-refractivity contribution in [2.45, 2.75) is 26.5 Å². The van der Waals surface area contributed by atoms with Crippen LogP contribution < -0.4 is 20.5 Å². The Morgan fingerprint density at radius 2 is 2.11 bits per heavy atom. The van der Waals surface area contributed by atoms with E-state index in [1.807, 2.05) is 6.07 Å². The Balaban J connectivity index is 1.86. The van der Waals surface area contributed by atoms with Crippen molar-refractivity contribution in [2.24, 2.45) is 5.73 Å². The fourth-order valence-electron chi connectivity index (χ4n) is 2.79. The molecule has 8 heteroatoms. The van der Waals surface area contributed by atoms with Crippen LogP contribution in [-0.2, 0) is 11.4 Å². The highest BCUT2D eigenvalue weighted by Gasteiger charge is 2.21. The number of aryl methyl sites for hydroxylation is 1. The summed E-state index contributed by atoms with van der Waals surface area (Å²) in [5, 5.41) is 3.15. The van der Waals surface area contributed by atoms with Gasteiger partial charge in [-0.1, -0.05) is 0 Å². The number of amides is 2. The average Bonchev–Trinajstić information content (AvgIpc) is 3.01. The number of ether oxygens (including phenoxy) is 2. The molecule has 1 unspecified atom stereocenters. The van der Waals surface area contributed by atoms with E-state index in [-0.39, 0.29) is 6.61 Å². The molecule has 0 saturated heterocycles. The number of rotatable bonds is 7. The highest BCUT2D eigenvalue weighted by Crippen LogP contribution is 2.30. The largest absolute Gasteiger partial charge is 0.489 e. The van der Waals surface area contributed by atoms with E-state index in [9.17, 15) is 9.59 Å². The second-order valence-electron chi connectivity index (χ2n) is 6.25. The minimum atomic E-state index is -0.797. The van der Waals surface area contributed by atoms with Crippen LogP contribution in [0.4, 0.5) is 0 Å². The Bertz CT molecular complexity index is 1030. The number of hydrogen-bond acceptors (Lipinski definition) is 6. The van der Waals surface area contributed by atoms with Gasteiger partial charge in [-0.15, -0.1) is 0 Å². The summed E-state index contributed by atoms with van der Waals surface area (Å²) in [6, 6.07) is 8.06. The quantitative estimate of drug-likeness (QED) is 0.647. The van der Waals surface area contributed by atoms with Gasteiger partial charge in [-0.25, -0.2) is 4.98 Å². The molecule has 0 saturated carbocycles. The zero-order chi connectivity index (χ0) is 20.3. The number of carbonyl (C=O) groups is 2. The summed E-state index contributed by atoms with van der Waals surface area (Å²) in [5.41, 5.74) is 6.89. The molecule has 0 radical (unpaired) electrons. The lowest BCUT2D eigenvalue weighted by Crippen LogP contribution is -2.42. The monoisotopic (exact) mass is 383 g/mol. The molecule has 3 rings (SSSR count). The van der Waals surface area contributed by atoms with E-state index >= 15 is 0 Å². The molecule has 0 fully saturated rings. The lowest BCUT2D eigenvalue weighted by atomic mass is 10.1. The Morgan fingerprint density at radius 3 is 2.82 bits per heavy atom. The summed E-state index contributed by atoms with van der Waals surface area (Å²) >= 11 is 0. The molecule has 2 heterocycles. The Kier molecular flexibility index (Phi) is 5.49. The SMILES string of the molecule is COc1ncccc1COc1ccc2oc(C)c(C(=O)NC(C)C(N)=O)c2c1. The number of pyridine rings is 1. The summed E-state index contributed by atoms with van der Waals surface area (Å²) in [7, 11) is 1.55. The molecule has 0 aliphatic heterocycles. The average molecular weight is 383 g/mol. The molecule has 0 spiro atoms. The van der Waals surface area contributed by atoms with Gasteiger partial charge >= 0.3 is 0 Å². The van der Waals surface area contributed by atoms with E-state index in [0.29, 0.717) is 33.9 Å². The van der Waals surface area contributed by atoms with Crippen LogP contribution in [0.1, 0.15) is 28.6 Å². The molecular formula is C20H21N3O5. The van der Waals surface area contributed by atoms with Crippen molar-refractivity contribution >= 4 is 22.8 Å². The first-order valence-corrected chi connectivity index (χ1v) is 8.64. The van der Waals surface area contributed by atoms with Gasteiger partial charge in [-0.3, -0.25) is 9.59 Å². The van der Waals surface area contributed by atoms with Crippen molar-refractivity contribution in [3.8, 4) is 11.6 Å². The molecule has 1 atom stereocenters. The lowest BCUT2D eigenvalue weighted by Gasteiger charge is -2.10. The van der Waals surface area contributed by atoms with Crippen molar-refractivity contribution in [3.63, 3.8) is 0 Å². The van der Waals surface area contributed by atoms with E-state index in [1.165, 1.54) is 6.92 Å². The van der Waals surface area contributed by atoms with Crippen molar-refractivity contribution in [1.29, 1.82) is 0 Å². The topological polar surface area (TPSA) is 117 Å². The third-order valence-electron chi connectivity index (χ3n) is 4.27. The molecule has 1 aromatic carbocycles. The number of methoxy groups -OCH3 is 1. The Labute approximate surface area is 161 Å². The number of nitrogens with zero attached hydrogens (tertiary/aromatic N) is 1. The van der Waals surface area contributed by atoms with Crippen LogP contribution in [0.15, 0.2) is 40.9 Å². The van der Waals surface area contributed by atoms with Crippen molar-refractivity contribution < 1.29 is 23.5 Å². The minimum absolute atomic E-state index is 0.250. The van der Waals surface area contributed by atoms with Crippen molar-refractivity contribution in [1.82, 2.24) is 10.3 Å². The summed E-state index contributed by atoms with van der Waals surface area (Å²) < 4.78 is 16.7. The highest BCUT2D eigenvalue weighted by molar-refractivity contribution is 6.08. The minimum Gasteiger partial charge on any atom is -0.489 e. The molecular weight excluding hydrogens is 362 g/mol.